The second-order valence-corrected chi connectivity index (χ2v) is 7.64. The van der Waals surface area contributed by atoms with Crippen molar-refractivity contribution in [3.8, 4) is 11.4 Å². The van der Waals surface area contributed by atoms with Gasteiger partial charge in [-0.1, -0.05) is 72.1 Å². The molecule has 1 heterocycles. The third-order valence-electron chi connectivity index (χ3n) is 5.15. The topological polar surface area (TPSA) is 68.0 Å². The van der Waals surface area contributed by atoms with E-state index in [2.05, 4.69) is 15.5 Å². The highest BCUT2D eigenvalue weighted by Crippen LogP contribution is 2.27. The number of amides is 1. The first-order chi connectivity index (χ1) is 13.7. The van der Waals surface area contributed by atoms with E-state index in [1.807, 2.05) is 42.5 Å². The minimum absolute atomic E-state index is 0.0703. The summed E-state index contributed by atoms with van der Waals surface area (Å²) in [6.07, 6.45) is 4.71. The average molecular weight is 396 g/mol. The lowest BCUT2D eigenvalue weighted by atomic mass is 10.0. The fourth-order valence-corrected chi connectivity index (χ4v) is 3.84. The van der Waals surface area contributed by atoms with Crippen LogP contribution in [0.2, 0.25) is 5.02 Å². The van der Waals surface area contributed by atoms with Gasteiger partial charge in [0.25, 0.3) is 0 Å². The molecule has 1 atom stereocenters. The molecule has 0 radical (unpaired) electrons. The number of carbonyl (C=O) groups excluding carboxylic acids is 1. The number of aromatic nitrogens is 2. The molecule has 0 saturated heterocycles. The van der Waals surface area contributed by atoms with Crippen LogP contribution in [0.25, 0.3) is 11.4 Å². The highest BCUT2D eigenvalue weighted by Gasteiger charge is 2.28. The van der Waals surface area contributed by atoms with Crippen LogP contribution in [0.1, 0.15) is 43.2 Å². The van der Waals surface area contributed by atoms with Gasteiger partial charge >= 0.3 is 0 Å². The van der Waals surface area contributed by atoms with Crippen molar-refractivity contribution in [3.63, 3.8) is 0 Å². The zero-order valence-electron chi connectivity index (χ0n) is 15.5. The molecule has 1 unspecified atom stereocenters. The van der Waals surface area contributed by atoms with Crippen LogP contribution in [-0.4, -0.2) is 16.0 Å². The van der Waals surface area contributed by atoms with Crippen molar-refractivity contribution in [2.45, 2.75) is 38.1 Å². The quantitative estimate of drug-likeness (QED) is 0.639. The molecule has 144 valence electrons. The van der Waals surface area contributed by atoms with Crippen molar-refractivity contribution < 1.29 is 9.32 Å². The van der Waals surface area contributed by atoms with E-state index >= 15 is 0 Å². The van der Waals surface area contributed by atoms with Gasteiger partial charge in [-0.3, -0.25) is 4.79 Å². The molecule has 1 aromatic heterocycles. The first kappa shape index (κ1) is 18.7. The van der Waals surface area contributed by atoms with Gasteiger partial charge in [0.2, 0.25) is 17.6 Å². The molecule has 1 aliphatic rings. The van der Waals surface area contributed by atoms with E-state index in [-0.39, 0.29) is 17.9 Å². The van der Waals surface area contributed by atoms with Gasteiger partial charge < -0.3 is 9.84 Å². The number of carbonyl (C=O) groups is 1. The predicted octanol–water partition coefficient (Wildman–Crippen LogP) is 4.98. The van der Waals surface area contributed by atoms with Crippen molar-refractivity contribution in [3.05, 3.63) is 71.1 Å². The van der Waals surface area contributed by atoms with E-state index in [4.69, 9.17) is 16.1 Å². The molecule has 5 nitrogen and oxygen atoms in total. The van der Waals surface area contributed by atoms with E-state index in [9.17, 15) is 4.79 Å². The molecule has 3 aromatic rings. The molecule has 4 rings (SSSR count). The fourth-order valence-electron chi connectivity index (χ4n) is 3.65. The lowest BCUT2D eigenvalue weighted by Crippen LogP contribution is -2.34. The molecular weight excluding hydrogens is 374 g/mol. The molecule has 0 spiro atoms. The summed E-state index contributed by atoms with van der Waals surface area (Å²) in [5, 5.41) is 7.85. The first-order valence-corrected chi connectivity index (χ1v) is 10.0. The minimum Gasteiger partial charge on any atom is -0.344 e. The predicted molar refractivity (Wildman–Crippen MR) is 108 cm³/mol. The van der Waals surface area contributed by atoms with Crippen molar-refractivity contribution in [1.29, 1.82) is 0 Å². The summed E-state index contributed by atoms with van der Waals surface area (Å²) in [5.41, 5.74) is 1.88. The number of benzene rings is 2. The highest BCUT2D eigenvalue weighted by molar-refractivity contribution is 6.30. The fraction of sp³-hybridized carbons (Fsp3) is 0.318. The number of hydrogen-bond acceptors (Lipinski definition) is 4. The van der Waals surface area contributed by atoms with E-state index in [0.29, 0.717) is 23.2 Å². The zero-order valence-corrected chi connectivity index (χ0v) is 16.2. The molecule has 28 heavy (non-hydrogen) atoms. The molecule has 0 bridgehead atoms. The van der Waals surface area contributed by atoms with Crippen LogP contribution in [0.3, 0.4) is 0 Å². The number of hydrogen-bond donors (Lipinski definition) is 1. The monoisotopic (exact) mass is 395 g/mol. The molecular formula is C22H22ClN3O2. The third-order valence-corrected chi connectivity index (χ3v) is 5.38. The normalized spacial score (nSPS) is 15.5. The van der Waals surface area contributed by atoms with E-state index < -0.39 is 0 Å². The lowest BCUT2D eigenvalue weighted by molar-refractivity contribution is -0.125. The van der Waals surface area contributed by atoms with E-state index in [0.717, 1.165) is 36.8 Å². The standard InChI is InChI=1S/C22H22ClN3O2/c23-18-12-6-11-17(14-18)20-25-22(28-26-20)19(13-15-7-2-1-3-8-15)24-21(27)16-9-4-5-10-16/h1-3,6-8,11-12,14,16,19H,4-5,9-10,13H2,(H,24,27). The number of rotatable bonds is 6. The van der Waals surface area contributed by atoms with Gasteiger partial charge in [0.15, 0.2) is 0 Å². The smallest absolute Gasteiger partial charge is 0.249 e. The number of halogens is 1. The maximum Gasteiger partial charge on any atom is 0.249 e. The third kappa shape index (κ3) is 4.42. The van der Waals surface area contributed by atoms with E-state index in [1.54, 1.807) is 12.1 Å². The van der Waals surface area contributed by atoms with Gasteiger partial charge in [0.05, 0.1) is 0 Å². The second kappa shape index (κ2) is 8.57. The summed E-state index contributed by atoms with van der Waals surface area (Å²) in [4.78, 5) is 17.3. The summed E-state index contributed by atoms with van der Waals surface area (Å²) in [6, 6.07) is 16.9. The van der Waals surface area contributed by atoms with Crippen molar-refractivity contribution in [2.24, 2.45) is 5.92 Å². The zero-order chi connectivity index (χ0) is 19.3. The Morgan fingerprint density at radius 2 is 1.93 bits per heavy atom. The van der Waals surface area contributed by atoms with Gasteiger partial charge in [-0.25, -0.2) is 0 Å². The lowest BCUT2D eigenvalue weighted by Gasteiger charge is -2.18. The minimum atomic E-state index is -0.365. The Morgan fingerprint density at radius 3 is 2.68 bits per heavy atom. The molecule has 1 amide bonds. The van der Waals surface area contributed by atoms with Crippen LogP contribution in [0.4, 0.5) is 0 Å². The van der Waals surface area contributed by atoms with Crippen LogP contribution in [0.5, 0.6) is 0 Å². The Labute approximate surface area is 169 Å². The summed E-state index contributed by atoms with van der Waals surface area (Å²) in [5.74, 6) is 1.02. The molecule has 6 heteroatoms. The number of nitrogens with one attached hydrogen (secondary N) is 1. The Hall–Kier alpha value is -2.66. The van der Waals surface area contributed by atoms with Crippen LogP contribution >= 0.6 is 11.6 Å². The van der Waals surface area contributed by atoms with Gasteiger partial charge in [-0.15, -0.1) is 0 Å². The van der Waals surface area contributed by atoms with Crippen molar-refractivity contribution in [1.82, 2.24) is 15.5 Å². The largest absolute Gasteiger partial charge is 0.344 e. The molecule has 1 fully saturated rings. The molecule has 0 aliphatic heterocycles. The SMILES string of the molecule is O=C(NC(Cc1ccccc1)c1nc(-c2cccc(Cl)c2)no1)C1CCCC1. The Balaban J connectivity index is 1.58. The maximum atomic E-state index is 12.7. The van der Waals surface area contributed by atoms with Crippen molar-refractivity contribution in [2.75, 3.05) is 0 Å². The summed E-state index contributed by atoms with van der Waals surface area (Å²) >= 11 is 6.07. The Kier molecular flexibility index (Phi) is 5.72. The Bertz CT molecular complexity index is 936. The molecule has 1 aliphatic carbocycles. The number of nitrogens with zero attached hydrogens (tertiary/aromatic N) is 2. The molecule has 1 saturated carbocycles. The van der Waals surface area contributed by atoms with Crippen molar-refractivity contribution >= 4 is 17.5 Å². The summed E-state index contributed by atoms with van der Waals surface area (Å²) in [7, 11) is 0. The summed E-state index contributed by atoms with van der Waals surface area (Å²) in [6.45, 7) is 0. The van der Waals surface area contributed by atoms with Gasteiger partial charge in [-0.05, 0) is 30.5 Å². The maximum absolute atomic E-state index is 12.7. The van der Waals surface area contributed by atoms with Gasteiger partial charge in [0, 0.05) is 22.9 Å². The van der Waals surface area contributed by atoms with Gasteiger partial charge in [0.1, 0.15) is 6.04 Å². The molecule has 1 N–H and O–H groups in total. The highest BCUT2D eigenvalue weighted by atomic mass is 35.5. The van der Waals surface area contributed by atoms with Crippen LogP contribution in [-0.2, 0) is 11.2 Å². The average Bonchev–Trinajstić information content (AvgIpc) is 3.41. The van der Waals surface area contributed by atoms with Gasteiger partial charge in [-0.2, -0.15) is 4.98 Å². The summed E-state index contributed by atoms with van der Waals surface area (Å²) < 4.78 is 5.54. The second-order valence-electron chi connectivity index (χ2n) is 7.20. The van der Waals surface area contributed by atoms with Crippen LogP contribution in [0, 0.1) is 5.92 Å². The molecule has 2 aromatic carbocycles. The Morgan fingerprint density at radius 1 is 1.14 bits per heavy atom. The first-order valence-electron chi connectivity index (χ1n) is 9.63. The van der Waals surface area contributed by atoms with Crippen LogP contribution < -0.4 is 5.32 Å². The van der Waals surface area contributed by atoms with E-state index in [1.165, 1.54) is 0 Å². The van der Waals surface area contributed by atoms with Crippen LogP contribution in [0.15, 0.2) is 59.1 Å².